The van der Waals surface area contributed by atoms with Gasteiger partial charge in [-0.05, 0) is 24.7 Å². The lowest BCUT2D eigenvalue weighted by atomic mass is 10.0. The molecule has 0 aromatic heterocycles. The third kappa shape index (κ3) is 10.1. The van der Waals surface area contributed by atoms with Crippen LogP contribution in [-0.4, -0.2) is 30.2 Å². The molecule has 1 aliphatic carbocycles. The lowest BCUT2D eigenvalue weighted by Crippen LogP contribution is -2.20. The van der Waals surface area contributed by atoms with Crippen molar-refractivity contribution in [1.29, 1.82) is 0 Å². The Morgan fingerprint density at radius 3 is 2.30 bits per heavy atom. The highest BCUT2D eigenvalue weighted by molar-refractivity contribution is 7.47. The molecule has 27 heavy (non-hydrogen) atoms. The summed E-state index contributed by atoms with van der Waals surface area (Å²) < 4.78 is 25.5. The van der Waals surface area contributed by atoms with Gasteiger partial charge < -0.3 is 9.63 Å². The van der Waals surface area contributed by atoms with Crippen molar-refractivity contribution in [2.45, 2.75) is 96.5 Å². The lowest BCUT2D eigenvalue weighted by Gasteiger charge is -2.08. The number of carbonyl (C=O) groups excluding carboxylic acids is 1. The van der Waals surface area contributed by atoms with Crippen LogP contribution in [0.25, 0.3) is 0 Å². The SMILES string of the molecule is CCCCCC[C@H]1C[C@H]1CCCCCCCC(=O)OC[C@H]1COP(=O)(O)O1. The number of rotatable bonds is 15. The largest absolute Gasteiger partial charge is 0.472 e. The monoisotopic (exact) mass is 404 g/mol. The summed E-state index contributed by atoms with van der Waals surface area (Å²) in [4.78, 5) is 20.7. The summed E-state index contributed by atoms with van der Waals surface area (Å²) in [7, 11) is -3.90. The molecule has 6 nitrogen and oxygen atoms in total. The summed E-state index contributed by atoms with van der Waals surface area (Å²) in [6.07, 6.45) is 15.2. The van der Waals surface area contributed by atoms with E-state index in [0.717, 1.165) is 24.7 Å². The normalized spacial score (nSPS) is 29.8. The Morgan fingerprint density at radius 2 is 1.67 bits per heavy atom. The molecular formula is C20H37O6P. The maximum atomic E-state index is 11.7. The molecule has 1 heterocycles. The summed E-state index contributed by atoms with van der Waals surface area (Å²) in [5.41, 5.74) is 0. The Hall–Kier alpha value is -0.420. The second-order valence-electron chi connectivity index (χ2n) is 8.09. The van der Waals surface area contributed by atoms with Gasteiger partial charge in [-0.15, -0.1) is 0 Å². The van der Waals surface area contributed by atoms with E-state index in [1.54, 1.807) is 0 Å². The van der Waals surface area contributed by atoms with Crippen molar-refractivity contribution < 1.29 is 28.0 Å². The molecule has 7 heteroatoms. The van der Waals surface area contributed by atoms with Crippen LogP contribution < -0.4 is 0 Å². The van der Waals surface area contributed by atoms with Crippen LogP contribution in [0.2, 0.25) is 0 Å². The molecule has 1 aliphatic heterocycles. The van der Waals surface area contributed by atoms with Crippen LogP contribution in [0.15, 0.2) is 0 Å². The molecule has 0 aromatic rings. The number of hydrogen-bond donors (Lipinski definition) is 1. The zero-order valence-electron chi connectivity index (χ0n) is 16.8. The molecule has 0 spiro atoms. The highest BCUT2D eigenvalue weighted by atomic mass is 31.2. The number of ether oxygens (including phenoxy) is 1. The fourth-order valence-electron chi connectivity index (χ4n) is 3.82. The summed E-state index contributed by atoms with van der Waals surface area (Å²) in [5.74, 6) is 1.74. The van der Waals surface area contributed by atoms with Crippen molar-refractivity contribution in [3.63, 3.8) is 0 Å². The van der Waals surface area contributed by atoms with E-state index in [2.05, 4.69) is 11.4 Å². The third-order valence-electron chi connectivity index (χ3n) is 5.59. The summed E-state index contributed by atoms with van der Waals surface area (Å²) >= 11 is 0. The average Bonchev–Trinajstić information content (AvgIpc) is 3.28. The van der Waals surface area contributed by atoms with Gasteiger partial charge >= 0.3 is 13.8 Å². The molecule has 0 radical (unpaired) electrons. The number of hydrogen-bond acceptors (Lipinski definition) is 5. The molecule has 2 rings (SSSR count). The molecule has 2 aliphatic rings. The number of phosphoric ester groups is 1. The minimum absolute atomic E-state index is 0.0123. The Morgan fingerprint density at radius 1 is 1.04 bits per heavy atom. The fraction of sp³-hybridized carbons (Fsp3) is 0.950. The molecule has 4 atom stereocenters. The number of carbonyl (C=O) groups is 1. The van der Waals surface area contributed by atoms with Crippen LogP contribution in [0, 0.1) is 11.8 Å². The first-order valence-electron chi connectivity index (χ1n) is 10.8. The van der Waals surface area contributed by atoms with Crippen LogP contribution in [-0.2, 0) is 23.1 Å². The van der Waals surface area contributed by atoms with E-state index in [0.29, 0.717) is 6.42 Å². The van der Waals surface area contributed by atoms with E-state index in [1.165, 1.54) is 64.2 Å². The lowest BCUT2D eigenvalue weighted by molar-refractivity contribution is -0.146. The first-order valence-corrected chi connectivity index (χ1v) is 12.3. The van der Waals surface area contributed by atoms with E-state index in [4.69, 9.17) is 14.2 Å². The molecule has 0 aromatic carbocycles. The van der Waals surface area contributed by atoms with E-state index >= 15 is 0 Å². The quantitative estimate of drug-likeness (QED) is 0.224. The fourth-order valence-corrected chi connectivity index (χ4v) is 4.73. The van der Waals surface area contributed by atoms with Gasteiger partial charge in [-0.1, -0.05) is 71.1 Å². The average molecular weight is 404 g/mol. The molecule has 158 valence electrons. The van der Waals surface area contributed by atoms with Gasteiger partial charge in [0, 0.05) is 6.42 Å². The van der Waals surface area contributed by atoms with Gasteiger partial charge in [-0.3, -0.25) is 13.8 Å². The first-order chi connectivity index (χ1) is 13.0. The molecule has 1 saturated heterocycles. The van der Waals surface area contributed by atoms with Gasteiger partial charge in [-0.25, -0.2) is 4.57 Å². The van der Waals surface area contributed by atoms with E-state index in [9.17, 15) is 9.36 Å². The Bertz CT molecular complexity index is 483. The Labute approximate surface area is 164 Å². The minimum Gasteiger partial charge on any atom is -0.463 e. The smallest absolute Gasteiger partial charge is 0.463 e. The van der Waals surface area contributed by atoms with E-state index in [1.807, 2.05) is 0 Å². The van der Waals surface area contributed by atoms with Crippen molar-refractivity contribution >= 4 is 13.8 Å². The van der Waals surface area contributed by atoms with E-state index < -0.39 is 13.9 Å². The van der Waals surface area contributed by atoms with Crippen LogP contribution in [0.3, 0.4) is 0 Å². The van der Waals surface area contributed by atoms with Crippen LogP contribution in [0.5, 0.6) is 0 Å². The molecule has 2 fully saturated rings. The van der Waals surface area contributed by atoms with Gasteiger partial charge in [0.25, 0.3) is 0 Å². The van der Waals surface area contributed by atoms with Gasteiger partial charge in [0.2, 0.25) is 0 Å². The van der Waals surface area contributed by atoms with Crippen LogP contribution in [0.1, 0.15) is 90.4 Å². The van der Waals surface area contributed by atoms with E-state index in [-0.39, 0.29) is 19.2 Å². The minimum atomic E-state index is -3.90. The van der Waals surface area contributed by atoms with Crippen molar-refractivity contribution in [1.82, 2.24) is 0 Å². The van der Waals surface area contributed by atoms with Crippen molar-refractivity contribution in [3.8, 4) is 0 Å². The van der Waals surface area contributed by atoms with Gasteiger partial charge in [0.1, 0.15) is 12.7 Å². The second-order valence-corrected chi connectivity index (χ2v) is 9.49. The van der Waals surface area contributed by atoms with Gasteiger partial charge in [0.05, 0.1) is 6.61 Å². The standard InChI is InChI=1S/C20H37O6P/c1-2-3-4-8-11-17-14-18(17)12-9-6-5-7-10-13-20(21)24-15-19-16-25-27(22,23)26-19/h17-19H,2-16H2,1H3,(H,22,23)/t17-,18+,19-/m0/s1. The molecule has 0 bridgehead atoms. The Balaban J connectivity index is 1.34. The maximum absolute atomic E-state index is 11.7. The highest BCUT2D eigenvalue weighted by Gasteiger charge is 2.36. The Kier molecular flexibility index (Phi) is 10.3. The third-order valence-corrected chi connectivity index (χ3v) is 6.63. The zero-order valence-corrected chi connectivity index (χ0v) is 17.7. The summed E-state index contributed by atoms with van der Waals surface area (Å²) in [5, 5.41) is 0. The predicted octanol–water partition coefficient (Wildman–Crippen LogP) is 5.38. The number of esters is 1. The molecule has 1 saturated carbocycles. The highest BCUT2D eigenvalue weighted by Crippen LogP contribution is 2.49. The second kappa shape index (κ2) is 12.2. The molecule has 0 amide bonds. The van der Waals surface area contributed by atoms with Crippen molar-refractivity contribution in [2.75, 3.05) is 13.2 Å². The first kappa shape index (κ1) is 22.9. The van der Waals surface area contributed by atoms with Crippen molar-refractivity contribution in [3.05, 3.63) is 0 Å². The zero-order chi connectivity index (χ0) is 19.5. The van der Waals surface area contributed by atoms with Crippen LogP contribution in [0.4, 0.5) is 0 Å². The van der Waals surface area contributed by atoms with Gasteiger partial charge in [0.15, 0.2) is 0 Å². The molecule has 1 N–H and O–H groups in total. The maximum Gasteiger partial charge on any atom is 0.472 e. The predicted molar refractivity (Wildman–Crippen MR) is 104 cm³/mol. The summed E-state index contributed by atoms with van der Waals surface area (Å²) in [6, 6.07) is 0. The van der Waals surface area contributed by atoms with Crippen molar-refractivity contribution in [2.24, 2.45) is 11.8 Å². The van der Waals surface area contributed by atoms with Gasteiger partial charge in [-0.2, -0.15) is 0 Å². The molecule has 1 unspecified atom stereocenters. The number of unbranched alkanes of at least 4 members (excludes halogenated alkanes) is 7. The summed E-state index contributed by atoms with van der Waals surface area (Å²) in [6.45, 7) is 2.23. The van der Waals surface area contributed by atoms with Crippen LogP contribution >= 0.6 is 7.82 Å². The number of phosphoric acid groups is 1. The topological polar surface area (TPSA) is 82.1 Å². The molecular weight excluding hydrogens is 367 g/mol.